The Labute approximate surface area is 125 Å². The Morgan fingerprint density at radius 3 is 3.00 bits per heavy atom. The lowest BCUT2D eigenvalue weighted by Crippen LogP contribution is -2.23. The van der Waals surface area contributed by atoms with Crippen LogP contribution in [0, 0.1) is 5.92 Å². The second-order valence-corrected chi connectivity index (χ2v) is 5.68. The summed E-state index contributed by atoms with van der Waals surface area (Å²) in [6.07, 6.45) is 2.29. The van der Waals surface area contributed by atoms with Gasteiger partial charge in [0.25, 0.3) is 0 Å². The van der Waals surface area contributed by atoms with E-state index in [1.165, 1.54) is 0 Å². The van der Waals surface area contributed by atoms with E-state index in [9.17, 15) is 4.79 Å². The van der Waals surface area contributed by atoms with Crippen molar-refractivity contribution in [1.82, 2.24) is 5.16 Å². The van der Waals surface area contributed by atoms with Crippen LogP contribution in [0.5, 0.6) is 0 Å². The molecule has 102 valence electrons. The maximum atomic E-state index is 11.9. The van der Waals surface area contributed by atoms with Crippen LogP contribution in [0.25, 0.3) is 11.3 Å². The smallest absolute Gasteiger partial charge is 0.234 e. The highest BCUT2D eigenvalue weighted by molar-refractivity contribution is 9.10. The molecule has 1 aliphatic rings. The molecule has 0 spiro atoms. The van der Waals surface area contributed by atoms with Crippen LogP contribution < -0.4 is 4.90 Å². The van der Waals surface area contributed by atoms with Crippen molar-refractivity contribution in [2.75, 3.05) is 11.4 Å². The molecule has 0 saturated carbocycles. The molecule has 2 heterocycles. The fourth-order valence-corrected chi connectivity index (χ4v) is 2.68. The molecule has 1 fully saturated rings. The summed E-state index contributed by atoms with van der Waals surface area (Å²) < 4.78 is 6.29. The van der Waals surface area contributed by atoms with Gasteiger partial charge in [0, 0.05) is 35.0 Å². The molecular formula is C15H13BrN2O2. The van der Waals surface area contributed by atoms with E-state index in [1.807, 2.05) is 30.3 Å². The Bertz CT molecular complexity index is 665. The molecule has 1 saturated heterocycles. The largest absolute Gasteiger partial charge is 0.338 e. The van der Waals surface area contributed by atoms with Gasteiger partial charge in [-0.05, 0) is 12.1 Å². The first kappa shape index (κ1) is 13.1. The lowest BCUT2D eigenvalue weighted by atomic mass is 10.1. The fraction of sp³-hybridized carbons (Fsp3) is 0.200. The third-order valence-corrected chi connectivity index (χ3v) is 3.87. The van der Waals surface area contributed by atoms with Crippen molar-refractivity contribution in [3.63, 3.8) is 0 Å². The van der Waals surface area contributed by atoms with Gasteiger partial charge in [0.15, 0.2) is 0 Å². The first-order valence-corrected chi connectivity index (χ1v) is 7.12. The Kier molecular flexibility index (Phi) is 3.44. The van der Waals surface area contributed by atoms with Crippen molar-refractivity contribution in [1.29, 1.82) is 0 Å². The number of nitrogens with zero attached hydrogens (tertiary/aromatic N) is 2. The second kappa shape index (κ2) is 5.25. The number of rotatable bonds is 3. The van der Waals surface area contributed by atoms with Crippen LogP contribution in [0.2, 0.25) is 0 Å². The summed E-state index contributed by atoms with van der Waals surface area (Å²) in [7, 11) is 0. The number of carbonyl (C=O) groups excluding carboxylic acids is 1. The molecule has 0 aliphatic carbocycles. The predicted molar refractivity (Wildman–Crippen MR) is 80.3 cm³/mol. The summed E-state index contributed by atoms with van der Waals surface area (Å²) >= 11 is 3.43. The number of hydrogen-bond donors (Lipinski definition) is 0. The molecular weight excluding hydrogens is 320 g/mol. The minimum atomic E-state index is 0.0480. The van der Waals surface area contributed by atoms with E-state index >= 15 is 0 Å². The molecule has 1 unspecified atom stereocenters. The van der Waals surface area contributed by atoms with Gasteiger partial charge in [-0.3, -0.25) is 9.69 Å². The average Bonchev–Trinajstić information content (AvgIpc) is 3.05. The van der Waals surface area contributed by atoms with Crippen molar-refractivity contribution in [2.24, 2.45) is 5.92 Å². The molecule has 1 aromatic heterocycles. The van der Waals surface area contributed by atoms with Gasteiger partial charge in [-0.2, -0.15) is 0 Å². The van der Waals surface area contributed by atoms with Gasteiger partial charge in [0.05, 0.1) is 0 Å². The molecule has 1 amide bonds. The summed E-state index contributed by atoms with van der Waals surface area (Å²) in [6.45, 7) is 4.34. The Morgan fingerprint density at radius 2 is 2.30 bits per heavy atom. The average molecular weight is 333 g/mol. The van der Waals surface area contributed by atoms with Gasteiger partial charge >= 0.3 is 0 Å². The summed E-state index contributed by atoms with van der Waals surface area (Å²) in [5.74, 6) is 0.725. The zero-order chi connectivity index (χ0) is 14.1. The van der Waals surface area contributed by atoms with Crippen LogP contribution in [0.1, 0.15) is 6.42 Å². The van der Waals surface area contributed by atoms with Gasteiger partial charge in [0.1, 0.15) is 5.69 Å². The molecule has 3 rings (SSSR count). The summed E-state index contributed by atoms with van der Waals surface area (Å²) in [6, 6.07) is 9.58. The van der Waals surface area contributed by atoms with Crippen LogP contribution in [0.3, 0.4) is 0 Å². The van der Waals surface area contributed by atoms with Crippen LogP contribution >= 0.6 is 15.9 Å². The molecule has 0 N–H and O–H groups in total. The minimum absolute atomic E-state index is 0.0480. The molecule has 4 nitrogen and oxygen atoms in total. The first-order chi connectivity index (χ1) is 9.67. The third-order valence-electron chi connectivity index (χ3n) is 3.37. The summed E-state index contributed by atoms with van der Waals surface area (Å²) in [5.41, 5.74) is 1.66. The first-order valence-electron chi connectivity index (χ1n) is 6.33. The van der Waals surface area contributed by atoms with E-state index in [1.54, 1.807) is 11.0 Å². The monoisotopic (exact) mass is 332 g/mol. The summed E-state index contributed by atoms with van der Waals surface area (Å²) in [4.78, 5) is 13.6. The molecule has 1 aromatic carbocycles. The van der Waals surface area contributed by atoms with Crippen molar-refractivity contribution < 1.29 is 9.32 Å². The van der Waals surface area contributed by atoms with Crippen LogP contribution in [0.15, 0.2) is 52.0 Å². The zero-order valence-corrected chi connectivity index (χ0v) is 12.3. The van der Waals surface area contributed by atoms with E-state index in [0.717, 1.165) is 15.7 Å². The van der Waals surface area contributed by atoms with E-state index in [0.29, 0.717) is 18.8 Å². The predicted octanol–water partition coefficient (Wildman–Crippen LogP) is 3.64. The number of amides is 1. The van der Waals surface area contributed by atoms with Crippen LogP contribution in [-0.2, 0) is 4.79 Å². The Morgan fingerprint density at radius 1 is 1.45 bits per heavy atom. The number of halogens is 1. The number of aromatic nitrogens is 1. The van der Waals surface area contributed by atoms with Crippen molar-refractivity contribution in [3.05, 3.63) is 47.5 Å². The quantitative estimate of drug-likeness (QED) is 0.806. The molecule has 20 heavy (non-hydrogen) atoms. The van der Waals surface area contributed by atoms with Gasteiger partial charge in [0.2, 0.25) is 11.8 Å². The topological polar surface area (TPSA) is 46.3 Å². The Balaban J connectivity index is 1.87. The van der Waals surface area contributed by atoms with Crippen LogP contribution in [-0.4, -0.2) is 17.6 Å². The number of carbonyl (C=O) groups is 1. The zero-order valence-electron chi connectivity index (χ0n) is 10.8. The van der Waals surface area contributed by atoms with E-state index in [2.05, 4.69) is 27.7 Å². The number of hydrogen-bond acceptors (Lipinski definition) is 3. The highest BCUT2D eigenvalue weighted by atomic mass is 79.9. The summed E-state index contributed by atoms with van der Waals surface area (Å²) in [5, 5.41) is 4.04. The highest BCUT2D eigenvalue weighted by Crippen LogP contribution is 2.30. The number of benzene rings is 1. The molecule has 1 atom stereocenters. The lowest BCUT2D eigenvalue weighted by molar-refractivity contribution is -0.117. The second-order valence-electron chi connectivity index (χ2n) is 4.76. The molecule has 1 aliphatic heterocycles. The van der Waals surface area contributed by atoms with Crippen molar-refractivity contribution in [2.45, 2.75) is 6.42 Å². The van der Waals surface area contributed by atoms with E-state index in [4.69, 9.17) is 4.52 Å². The van der Waals surface area contributed by atoms with Gasteiger partial charge in [-0.1, -0.05) is 39.3 Å². The molecule has 0 bridgehead atoms. The standard InChI is InChI=1S/C15H13BrN2O2/c1-2-10-6-14(19)18(9-10)15-8-13(17-20-15)11-4-3-5-12(16)7-11/h2-5,7-8,10H,1,6,9H2. The van der Waals surface area contributed by atoms with Gasteiger partial charge < -0.3 is 4.52 Å². The Hall–Kier alpha value is -1.88. The number of anilines is 1. The molecule has 0 radical (unpaired) electrons. The van der Waals surface area contributed by atoms with E-state index < -0.39 is 0 Å². The van der Waals surface area contributed by atoms with Crippen molar-refractivity contribution >= 4 is 27.7 Å². The lowest BCUT2D eigenvalue weighted by Gasteiger charge is -2.10. The van der Waals surface area contributed by atoms with Gasteiger partial charge in [-0.25, -0.2) is 0 Å². The molecule has 5 heteroatoms. The van der Waals surface area contributed by atoms with E-state index in [-0.39, 0.29) is 11.8 Å². The maximum absolute atomic E-state index is 11.9. The van der Waals surface area contributed by atoms with Crippen molar-refractivity contribution in [3.8, 4) is 11.3 Å². The maximum Gasteiger partial charge on any atom is 0.234 e. The third kappa shape index (κ3) is 2.41. The normalized spacial score (nSPS) is 18.6. The van der Waals surface area contributed by atoms with Gasteiger partial charge in [-0.15, -0.1) is 6.58 Å². The minimum Gasteiger partial charge on any atom is -0.338 e. The fourth-order valence-electron chi connectivity index (χ4n) is 2.28. The van der Waals surface area contributed by atoms with Crippen LogP contribution in [0.4, 0.5) is 5.88 Å². The SMILES string of the molecule is C=CC1CC(=O)N(c2cc(-c3cccc(Br)c3)no2)C1. The molecule has 2 aromatic rings. The highest BCUT2D eigenvalue weighted by Gasteiger charge is 2.31.